The van der Waals surface area contributed by atoms with Crippen molar-refractivity contribution in [3.05, 3.63) is 34.8 Å². The van der Waals surface area contributed by atoms with Gasteiger partial charge in [0.15, 0.2) is 5.82 Å². The van der Waals surface area contributed by atoms with E-state index in [0.29, 0.717) is 17.1 Å². The van der Waals surface area contributed by atoms with Crippen LogP contribution >= 0.6 is 0 Å². The number of H-pyrrole nitrogens is 1. The molecule has 7 heteroatoms. The molecule has 0 spiro atoms. The third-order valence-electron chi connectivity index (χ3n) is 2.22. The van der Waals surface area contributed by atoms with Gasteiger partial charge in [0, 0.05) is 11.3 Å². The van der Waals surface area contributed by atoms with Crippen molar-refractivity contribution in [1.29, 1.82) is 0 Å². The predicted octanol–water partition coefficient (Wildman–Crippen LogP) is 2.38. The maximum atomic E-state index is 11.7. The Morgan fingerprint density at radius 3 is 2.75 bits per heavy atom. The molecule has 0 saturated carbocycles. The Kier molecular flexibility index (Phi) is 3.60. The van der Waals surface area contributed by atoms with Crippen LogP contribution in [0.15, 0.2) is 33.6 Å². The van der Waals surface area contributed by atoms with Crippen LogP contribution in [0.25, 0.3) is 11.4 Å². The van der Waals surface area contributed by atoms with Gasteiger partial charge in [0.05, 0.1) is 0 Å². The Hall–Kier alpha value is -2.57. The largest absolute Gasteiger partial charge is 0.460 e. The minimum absolute atomic E-state index is 0.294. The maximum absolute atomic E-state index is 11.7. The Balaban J connectivity index is 2.14. The van der Waals surface area contributed by atoms with Gasteiger partial charge in [-0.2, -0.15) is 10.1 Å². The molecule has 0 bridgehead atoms. The zero-order valence-corrected chi connectivity index (χ0v) is 11.4. The van der Waals surface area contributed by atoms with Crippen molar-refractivity contribution in [1.82, 2.24) is 10.1 Å². The lowest BCUT2D eigenvalue weighted by Crippen LogP contribution is -2.27. The molecule has 0 aliphatic heterocycles. The minimum Gasteiger partial charge on any atom is -0.444 e. The smallest absolute Gasteiger partial charge is 0.444 e. The van der Waals surface area contributed by atoms with E-state index in [-0.39, 0.29) is 0 Å². The minimum atomic E-state index is -0.703. The number of hydrogen-bond donors (Lipinski definition) is 2. The molecule has 0 aliphatic rings. The van der Waals surface area contributed by atoms with Crippen LogP contribution in [-0.2, 0) is 4.74 Å². The standard InChI is InChI=1S/C13H15N3O4/c1-13(2,3)19-11(17)14-9-6-4-5-8(7-9)10-15-12(18)20-16-10/h4-7H,1-3H3,(H,14,17)(H,15,16,18). The number of aromatic nitrogens is 2. The van der Waals surface area contributed by atoms with Gasteiger partial charge in [0.25, 0.3) is 0 Å². The number of ether oxygens (including phenoxy) is 1. The summed E-state index contributed by atoms with van der Waals surface area (Å²) in [6, 6.07) is 6.80. The average Bonchev–Trinajstić information content (AvgIpc) is 2.73. The fraction of sp³-hybridized carbons (Fsp3) is 0.308. The van der Waals surface area contributed by atoms with Crippen molar-refractivity contribution in [2.24, 2.45) is 0 Å². The number of rotatable bonds is 2. The monoisotopic (exact) mass is 277 g/mol. The van der Waals surface area contributed by atoms with Crippen molar-refractivity contribution >= 4 is 11.8 Å². The van der Waals surface area contributed by atoms with E-state index >= 15 is 0 Å². The summed E-state index contributed by atoms with van der Waals surface area (Å²) < 4.78 is 9.65. The molecule has 0 radical (unpaired) electrons. The van der Waals surface area contributed by atoms with E-state index in [1.165, 1.54) is 0 Å². The first-order valence-corrected chi connectivity index (χ1v) is 5.99. The van der Waals surface area contributed by atoms with Gasteiger partial charge in [-0.1, -0.05) is 12.1 Å². The first-order chi connectivity index (χ1) is 9.33. The number of carbonyl (C=O) groups excluding carboxylic acids is 1. The van der Waals surface area contributed by atoms with Crippen LogP contribution in [0, 0.1) is 0 Å². The molecule has 0 fully saturated rings. The van der Waals surface area contributed by atoms with Gasteiger partial charge in [-0.05, 0) is 32.9 Å². The van der Waals surface area contributed by atoms with Gasteiger partial charge in [-0.25, -0.2) is 9.59 Å². The molecule has 20 heavy (non-hydrogen) atoms. The third kappa shape index (κ3) is 3.71. The second-order valence-electron chi connectivity index (χ2n) is 5.14. The van der Waals surface area contributed by atoms with Crippen LogP contribution in [-0.4, -0.2) is 21.8 Å². The van der Waals surface area contributed by atoms with Crippen LogP contribution in [0.4, 0.5) is 10.5 Å². The number of hydrogen-bond acceptors (Lipinski definition) is 5. The summed E-state index contributed by atoms with van der Waals surface area (Å²) >= 11 is 0. The van der Waals surface area contributed by atoms with E-state index < -0.39 is 17.5 Å². The van der Waals surface area contributed by atoms with Gasteiger partial charge in [0.2, 0.25) is 0 Å². The van der Waals surface area contributed by atoms with Gasteiger partial charge in [-0.3, -0.25) is 5.32 Å². The topological polar surface area (TPSA) is 97.2 Å². The molecule has 0 atom stereocenters. The van der Waals surface area contributed by atoms with Crippen LogP contribution in [0.5, 0.6) is 0 Å². The summed E-state index contributed by atoms with van der Waals surface area (Å²) in [5.74, 6) is -0.409. The number of benzene rings is 1. The molecule has 0 saturated heterocycles. The highest BCUT2D eigenvalue weighted by Crippen LogP contribution is 2.19. The molecule has 2 N–H and O–H groups in total. The van der Waals surface area contributed by atoms with Crippen molar-refractivity contribution in [3.63, 3.8) is 0 Å². The van der Waals surface area contributed by atoms with Crippen LogP contribution in [0.1, 0.15) is 20.8 Å². The highest BCUT2D eigenvalue weighted by Gasteiger charge is 2.16. The summed E-state index contributed by atoms with van der Waals surface area (Å²) in [7, 11) is 0. The molecule has 7 nitrogen and oxygen atoms in total. The molecule has 1 aromatic carbocycles. The number of carbonyl (C=O) groups is 1. The van der Waals surface area contributed by atoms with E-state index in [2.05, 4.69) is 20.0 Å². The zero-order chi connectivity index (χ0) is 14.8. The number of aromatic amines is 1. The van der Waals surface area contributed by atoms with Gasteiger partial charge in [0.1, 0.15) is 5.60 Å². The van der Waals surface area contributed by atoms with Crippen LogP contribution in [0.2, 0.25) is 0 Å². The first-order valence-electron chi connectivity index (χ1n) is 5.99. The lowest BCUT2D eigenvalue weighted by molar-refractivity contribution is 0.0636. The van der Waals surface area contributed by atoms with E-state index in [1.807, 2.05) is 0 Å². The molecule has 0 unspecified atom stereocenters. The van der Waals surface area contributed by atoms with Crippen LogP contribution < -0.4 is 11.1 Å². The summed E-state index contributed by atoms with van der Waals surface area (Å²) in [5, 5.41) is 5.00. The van der Waals surface area contributed by atoms with E-state index in [4.69, 9.17) is 4.74 Å². The Morgan fingerprint density at radius 2 is 2.15 bits per heavy atom. The third-order valence-corrected chi connectivity index (χ3v) is 2.22. The van der Waals surface area contributed by atoms with E-state index in [9.17, 15) is 9.59 Å². The SMILES string of the molecule is CC(C)(C)OC(=O)Nc1cccc(-c2nc(=O)o[nH]2)c1. The maximum Gasteiger partial charge on any atom is 0.460 e. The summed E-state index contributed by atoms with van der Waals surface area (Å²) in [6.45, 7) is 5.34. The van der Waals surface area contributed by atoms with E-state index in [0.717, 1.165) is 0 Å². The number of amides is 1. The lowest BCUT2D eigenvalue weighted by atomic mass is 10.2. The fourth-order valence-electron chi connectivity index (χ4n) is 1.52. The highest BCUT2D eigenvalue weighted by atomic mass is 16.6. The quantitative estimate of drug-likeness (QED) is 0.878. The zero-order valence-electron chi connectivity index (χ0n) is 11.4. The second-order valence-corrected chi connectivity index (χ2v) is 5.14. The highest BCUT2D eigenvalue weighted by molar-refractivity contribution is 5.85. The molecular formula is C13H15N3O4. The predicted molar refractivity (Wildman–Crippen MR) is 72.4 cm³/mol. The Morgan fingerprint density at radius 1 is 1.40 bits per heavy atom. The van der Waals surface area contributed by atoms with Gasteiger partial charge < -0.3 is 9.26 Å². The normalized spacial score (nSPS) is 11.2. The summed E-state index contributed by atoms with van der Waals surface area (Å²) in [6.07, 6.45) is -0.553. The number of anilines is 1. The Labute approximate surface area is 114 Å². The lowest BCUT2D eigenvalue weighted by Gasteiger charge is -2.19. The second kappa shape index (κ2) is 5.20. The molecule has 1 aromatic heterocycles. The molecule has 2 aromatic rings. The first kappa shape index (κ1) is 13.9. The molecule has 2 rings (SSSR count). The van der Waals surface area contributed by atoms with Crippen molar-refractivity contribution in [2.45, 2.75) is 26.4 Å². The molecule has 1 heterocycles. The molecule has 0 aliphatic carbocycles. The Bertz CT molecular complexity index is 666. The number of nitrogens with one attached hydrogen (secondary N) is 2. The average molecular weight is 277 g/mol. The van der Waals surface area contributed by atoms with Gasteiger partial charge in [-0.15, -0.1) is 0 Å². The molecular weight excluding hydrogens is 262 g/mol. The van der Waals surface area contributed by atoms with Crippen LogP contribution in [0.3, 0.4) is 0 Å². The van der Waals surface area contributed by atoms with E-state index in [1.54, 1.807) is 45.0 Å². The van der Waals surface area contributed by atoms with Gasteiger partial charge >= 0.3 is 11.8 Å². The summed E-state index contributed by atoms with van der Waals surface area (Å²) in [5.41, 5.74) is 0.573. The van der Waals surface area contributed by atoms with Crippen molar-refractivity contribution in [2.75, 3.05) is 5.32 Å². The molecule has 106 valence electrons. The fourth-order valence-corrected chi connectivity index (χ4v) is 1.52. The summed E-state index contributed by atoms with van der Waals surface area (Å²) in [4.78, 5) is 26.2. The number of nitrogens with zero attached hydrogens (tertiary/aromatic N) is 1. The van der Waals surface area contributed by atoms with Crippen molar-refractivity contribution in [3.8, 4) is 11.4 Å². The molecule has 1 amide bonds. The van der Waals surface area contributed by atoms with Crippen molar-refractivity contribution < 1.29 is 14.1 Å².